The number of carbonyl (C=O) groups excluding carboxylic acids is 1. The molecule has 1 unspecified atom stereocenters. The van der Waals surface area contributed by atoms with Crippen molar-refractivity contribution in [1.29, 1.82) is 0 Å². The molecule has 1 atom stereocenters. The number of rotatable bonds is 8. The van der Waals surface area contributed by atoms with Crippen molar-refractivity contribution < 1.29 is 26.7 Å². The van der Waals surface area contributed by atoms with E-state index in [-0.39, 0.29) is 22.7 Å². The van der Waals surface area contributed by atoms with Crippen LogP contribution in [0, 0.1) is 0 Å². The predicted octanol–water partition coefficient (Wildman–Crippen LogP) is 3.64. The Morgan fingerprint density at radius 2 is 1.69 bits per heavy atom. The highest BCUT2D eigenvalue weighted by atomic mass is 32.2. The largest absolute Gasteiger partial charge is 0.435 e. The second-order valence-corrected chi connectivity index (χ2v) is 8.65. The number of ether oxygens (including phenoxy) is 1. The Kier molecular flexibility index (Phi) is 7.55. The van der Waals surface area contributed by atoms with Crippen molar-refractivity contribution in [3.05, 3.63) is 59.7 Å². The van der Waals surface area contributed by atoms with Crippen LogP contribution in [0.3, 0.4) is 0 Å². The number of hydrogen-bond acceptors (Lipinski definition) is 4. The molecule has 0 bridgehead atoms. The molecule has 0 saturated carbocycles. The van der Waals surface area contributed by atoms with E-state index < -0.39 is 16.4 Å². The SMILES string of the molecule is CC(c1ccc(S(C)(=O)=O)cc1)N(C)C(=O)NCCc1ccc(OC(F)F)cc1. The third-order valence-electron chi connectivity index (χ3n) is 4.53. The Hall–Kier alpha value is -2.68. The maximum atomic E-state index is 12.4. The van der Waals surface area contributed by atoms with Crippen molar-refractivity contribution in [2.75, 3.05) is 19.8 Å². The van der Waals surface area contributed by atoms with Crippen molar-refractivity contribution >= 4 is 15.9 Å². The fourth-order valence-corrected chi connectivity index (χ4v) is 3.30. The topological polar surface area (TPSA) is 75.7 Å². The average molecular weight is 426 g/mol. The number of benzene rings is 2. The van der Waals surface area contributed by atoms with Crippen molar-refractivity contribution in [2.45, 2.75) is 30.9 Å². The molecule has 2 rings (SSSR count). The van der Waals surface area contributed by atoms with Gasteiger partial charge in [0.15, 0.2) is 9.84 Å². The molecule has 0 aromatic heterocycles. The third kappa shape index (κ3) is 6.70. The molecule has 6 nitrogen and oxygen atoms in total. The summed E-state index contributed by atoms with van der Waals surface area (Å²) in [5.41, 5.74) is 1.68. The summed E-state index contributed by atoms with van der Waals surface area (Å²) in [4.78, 5) is 14.1. The van der Waals surface area contributed by atoms with Gasteiger partial charge in [-0.25, -0.2) is 13.2 Å². The van der Waals surface area contributed by atoms with Crippen molar-refractivity contribution in [3.8, 4) is 5.75 Å². The standard InChI is InChI=1S/C20H24F2N2O4S/c1-14(16-6-10-18(11-7-16)29(3,26)27)24(2)20(25)23-13-12-15-4-8-17(9-5-15)28-19(21)22/h4-11,14,19H,12-13H2,1-3H3,(H,23,25). The van der Waals surface area contributed by atoms with Gasteiger partial charge in [-0.15, -0.1) is 0 Å². The van der Waals surface area contributed by atoms with Crippen LogP contribution in [0.1, 0.15) is 24.1 Å². The molecule has 9 heteroatoms. The number of sulfone groups is 1. The second kappa shape index (κ2) is 9.69. The molecule has 29 heavy (non-hydrogen) atoms. The monoisotopic (exact) mass is 426 g/mol. The molecule has 0 fully saturated rings. The predicted molar refractivity (Wildman–Crippen MR) is 106 cm³/mol. The molecule has 0 spiro atoms. The highest BCUT2D eigenvalue weighted by molar-refractivity contribution is 7.90. The Bertz CT molecular complexity index is 917. The van der Waals surface area contributed by atoms with E-state index in [1.165, 1.54) is 29.2 Å². The minimum atomic E-state index is -3.27. The Labute approximate surface area is 169 Å². The highest BCUT2D eigenvalue weighted by Gasteiger charge is 2.18. The first-order valence-corrected chi connectivity index (χ1v) is 10.8. The normalized spacial score (nSPS) is 12.5. The molecule has 0 aliphatic rings. The van der Waals surface area contributed by atoms with Gasteiger partial charge in [-0.1, -0.05) is 24.3 Å². The van der Waals surface area contributed by atoms with E-state index in [4.69, 9.17) is 0 Å². The molecule has 0 saturated heterocycles. The van der Waals surface area contributed by atoms with Crippen LogP contribution in [0.4, 0.5) is 13.6 Å². The smallest absolute Gasteiger partial charge is 0.387 e. The number of hydrogen-bond donors (Lipinski definition) is 1. The van der Waals surface area contributed by atoms with E-state index >= 15 is 0 Å². The average Bonchev–Trinajstić information content (AvgIpc) is 2.67. The highest BCUT2D eigenvalue weighted by Crippen LogP contribution is 2.21. The van der Waals surface area contributed by atoms with Crippen LogP contribution in [-0.4, -0.2) is 45.8 Å². The minimum absolute atomic E-state index is 0.0863. The van der Waals surface area contributed by atoms with Crippen LogP contribution in [0.15, 0.2) is 53.4 Å². The maximum absolute atomic E-state index is 12.4. The van der Waals surface area contributed by atoms with E-state index in [1.807, 2.05) is 6.92 Å². The Morgan fingerprint density at radius 1 is 1.10 bits per heavy atom. The summed E-state index contributed by atoms with van der Waals surface area (Å²) in [6, 6.07) is 12.1. The van der Waals surface area contributed by atoms with E-state index in [0.717, 1.165) is 17.4 Å². The van der Waals surface area contributed by atoms with Crippen LogP contribution in [-0.2, 0) is 16.3 Å². The first-order valence-electron chi connectivity index (χ1n) is 8.92. The van der Waals surface area contributed by atoms with Crippen molar-refractivity contribution in [2.24, 2.45) is 0 Å². The van der Waals surface area contributed by atoms with Gasteiger partial charge in [-0.05, 0) is 48.7 Å². The van der Waals surface area contributed by atoms with Gasteiger partial charge < -0.3 is 15.0 Å². The van der Waals surface area contributed by atoms with Crippen molar-refractivity contribution in [3.63, 3.8) is 0 Å². The van der Waals surface area contributed by atoms with Crippen LogP contribution in [0.2, 0.25) is 0 Å². The molecule has 0 heterocycles. The number of amides is 2. The maximum Gasteiger partial charge on any atom is 0.387 e. The summed E-state index contributed by atoms with van der Waals surface area (Å²) in [5, 5.41) is 2.80. The van der Waals surface area contributed by atoms with Gasteiger partial charge in [0.25, 0.3) is 0 Å². The van der Waals surface area contributed by atoms with Gasteiger partial charge in [0.2, 0.25) is 0 Å². The zero-order valence-corrected chi connectivity index (χ0v) is 17.2. The lowest BCUT2D eigenvalue weighted by molar-refractivity contribution is -0.0498. The molecule has 0 radical (unpaired) electrons. The summed E-state index contributed by atoms with van der Waals surface area (Å²) in [5.74, 6) is 0.0863. The van der Waals surface area contributed by atoms with Crippen LogP contribution < -0.4 is 10.1 Å². The van der Waals surface area contributed by atoms with Gasteiger partial charge in [-0.3, -0.25) is 0 Å². The molecule has 2 aromatic carbocycles. The summed E-state index contributed by atoms with van der Waals surface area (Å²) >= 11 is 0. The van der Waals surface area contributed by atoms with Gasteiger partial charge in [0, 0.05) is 19.8 Å². The lowest BCUT2D eigenvalue weighted by atomic mass is 10.1. The number of nitrogens with one attached hydrogen (secondary N) is 1. The fourth-order valence-electron chi connectivity index (χ4n) is 2.67. The van der Waals surface area contributed by atoms with Crippen LogP contribution >= 0.6 is 0 Å². The lowest BCUT2D eigenvalue weighted by Crippen LogP contribution is -2.39. The number of halogens is 2. The van der Waals surface area contributed by atoms with Crippen LogP contribution in [0.5, 0.6) is 5.75 Å². The van der Waals surface area contributed by atoms with Gasteiger partial charge >= 0.3 is 12.6 Å². The summed E-state index contributed by atoms with van der Waals surface area (Å²) in [6.07, 6.45) is 1.68. The third-order valence-corrected chi connectivity index (χ3v) is 5.66. The molecule has 2 aromatic rings. The molecule has 1 N–H and O–H groups in total. The number of alkyl halides is 2. The Balaban J connectivity index is 1.86. The summed E-state index contributed by atoms with van der Waals surface area (Å²) in [7, 11) is -1.61. The van der Waals surface area contributed by atoms with E-state index in [1.54, 1.807) is 31.3 Å². The summed E-state index contributed by atoms with van der Waals surface area (Å²) < 4.78 is 51.7. The Morgan fingerprint density at radius 3 is 2.21 bits per heavy atom. The van der Waals surface area contributed by atoms with Crippen LogP contribution in [0.25, 0.3) is 0 Å². The number of nitrogens with zero attached hydrogens (tertiary/aromatic N) is 1. The van der Waals surface area contributed by atoms with E-state index in [2.05, 4.69) is 10.1 Å². The molecule has 158 valence electrons. The summed E-state index contributed by atoms with van der Waals surface area (Å²) in [6.45, 7) is -0.644. The van der Waals surface area contributed by atoms with Gasteiger partial charge in [-0.2, -0.15) is 8.78 Å². The lowest BCUT2D eigenvalue weighted by Gasteiger charge is -2.25. The number of urea groups is 1. The zero-order valence-electron chi connectivity index (χ0n) is 16.4. The quantitative estimate of drug-likeness (QED) is 0.699. The molecule has 2 amide bonds. The van der Waals surface area contributed by atoms with E-state index in [0.29, 0.717) is 13.0 Å². The fraction of sp³-hybridized carbons (Fsp3) is 0.350. The van der Waals surface area contributed by atoms with E-state index in [9.17, 15) is 22.0 Å². The van der Waals surface area contributed by atoms with Crippen molar-refractivity contribution in [1.82, 2.24) is 10.2 Å². The molecule has 0 aliphatic heterocycles. The first kappa shape index (κ1) is 22.6. The molecular weight excluding hydrogens is 402 g/mol. The molecular formula is C20H24F2N2O4S. The first-order chi connectivity index (χ1) is 13.6. The second-order valence-electron chi connectivity index (χ2n) is 6.63. The van der Waals surface area contributed by atoms with Gasteiger partial charge in [0.1, 0.15) is 5.75 Å². The minimum Gasteiger partial charge on any atom is -0.435 e. The molecule has 0 aliphatic carbocycles. The van der Waals surface area contributed by atoms with Gasteiger partial charge in [0.05, 0.1) is 10.9 Å². The number of carbonyl (C=O) groups is 1. The zero-order chi connectivity index (χ0) is 21.6.